The van der Waals surface area contributed by atoms with Gasteiger partial charge in [0.25, 0.3) is 0 Å². The SMILES string of the molecule is ON=Cc1cccn1Cc1ccccc1. The number of hydrogen-bond donors (Lipinski definition) is 1. The van der Waals surface area contributed by atoms with Gasteiger partial charge in [-0.15, -0.1) is 0 Å². The average molecular weight is 200 g/mol. The number of benzene rings is 1. The van der Waals surface area contributed by atoms with Crippen LogP contribution in [0.1, 0.15) is 11.3 Å². The minimum Gasteiger partial charge on any atom is -0.411 e. The molecule has 0 aliphatic heterocycles. The van der Waals surface area contributed by atoms with Gasteiger partial charge in [0, 0.05) is 12.7 Å². The zero-order valence-corrected chi connectivity index (χ0v) is 8.24. The van der Waals surface area contributed by atoms with Crippen molar-refractivity contribution in [3.63, 3.8) is 0 Å². The van der Waals surface area contributed by atoms with E-state index < -0.39 is 0 Å². The Balaban J connectivity index is 2.21. The fourth-order valence-corrected chi connectivity index (χ4v) is 1.53. The van der Waals surface area contributed by atoms with Crippen LogP contribution >= 0.6 is 0 Å². The van der Waals surface area contributed by atoms with Crippen LogP contribution in [0.4, 0.5) is 0 Å². The average Bonchev–Trinajstić information content (AvgIpc) is 2.68. The lowest BCUT2D eigenvalue weighted by Crippen LogP contribution is -2.02. The summed E-state index contributed by atoms with van der Waals surface area (Å²) in [5.41, 5.74) is 2.11. The lowest BCUT2D eigenvalue weighted by atomic mass is 10.2. The van der Waals surface area contributed by atoms with Crippen LogP contribution in [0.3, 0.4) is 0 Å². The summed E-state index contributed by atoms with van der Waals surface area (Å²) in [4.78, 5) is 0. The Hall–Kier alpha value is -2.03. The molecule has 0 aliphatic rings. The van der Waals surface area contributed by atoms with Gasteiger partial charge in [0.15, 0.2) is 0 Å². The highest BCUT2D eigenvalue weighted by Gasteiger charge is 1.98. The van der Waals surface area contributed by atoms with Crippen LogP contribution in [0.15, 0.2) is 53.8 Å². The molecule has 0 radical (unpaired) electrons. The molecular weight excluding hydrogens is 188 g/mol. The summed E-state index contributed by atoms with van der Waals surface area (Å²) in [6, 6.07) is 14.0. The second kappa shape index (κ2) is 4.46. The highest BCUT2D eigenvalue weighted by atomic mass is 16.4. The number of hydrogen-bond acceptors (Lipinski definition) is 2. The van der Waals surface area contributed by atoms with Crippen molar-refractivity contribution in [3.05, 3.63) is 59.9 Å². The molecule has 2 aromatic rings. The Morgan fingerprint density at radius 2 is 1.93 bits per heavy atom. The second-order valence-electron chi connectivity index (χ2n) is 3.29. The third kappa shape index (κ3) is 2.26. The standard InChI is InChI=1S/C12H12N2O/c15-13-9-12-7-4-8-14(12)10-11-5-2-1-3-6-11/h1-9,15H,10H2. The monoisotopic (exact) mass is 200 g/mol. The number of rotatable bonds is 3. The number of aromatic nitrogens is 1. The van der Waals surface area contributed by atoms with Crippen molar-refractivity contribution in [2.24, 2.45) is 5.16 Å². The summed E-state index contributed by atoms with van der Waals surface area (Å²) in [7, 11) is 0. The van der Waals surface area contributed by atoms with Crippen LogP contribution in [0.25, 0.3) is 0 Å². The van der Waals surface area contributed by atoms with Gasteiger partial charge in [0.1, 0.15) is 0 Å². The Bertz CT molecular complexity index is 446. The van der Waals surface area contributed by atoms with Gasteiger partial charge in [-0.05, 0) is 17.7 Å². The minimum absolute atomic E-state index is 0.787. The van der Waals surface area contributed by atoms with Crippen molar-refractivity contribution in [1.82, 2.24) is 4.57 Å². The van der Waals surface area contributed by atoms with Crippen molar-refractivity contribution in [2.45, 2.75) is 6.54 Å². The zero-order chi connectivity index (χ0) is 10.5. The van der Waals surface area contributed by atoms with Crippen molar-refractivity contribution < 1.29 is 5.21 Å². The molecule has 1 N–H and O–H groups in total. The lowest BCUT2D eigenvalue weighted by molar-refractivity contribution is 0.321. The predicted molar refractivity (Wildman–Crippen MR) is 59.4 cm³/mol. The first kappa shape index (κ1) is 9.52. The van der Waals surface area contributed by atoms with E-state index in [0.29, 0.717) is 0 Å². The first-order chi connectivity index (χ1) is 7.40. The molecule has 15 heavy (non-hydrogen) atoms. The fourth-order valence-electron chi connectivity index (χ4n) is 1.53. The van der Waals surface area contributed by atoms with Gasteiger partial charge < -0.3 is 9.77 Å². The molecule has 0 saturated heterocycles. The van der Waals surface area contributed by atoms with Gasteiger partial charge in [0.05, 0.1) is 11.9 Å². The molecule has 1 aromatic carbocycles. The van der Waals surface area contributed by atoms with E-state index in [1.54, 1.807) is 0 Å². The van der Waals surface area contributed by atoms with Crippen LogP contribution in [0.5, 0.6) is 0 Å². The van der Waals surface area contributed by atoms with Gasteiger partial charge in [-0.3, -0.25) is 0 Å². The van der Waals surface area contributed by atoms with Crippen molar-refractivity contribution in [1.29, 1.82) is 0 Å². The van der Waals surface area contributed by atoms with Gasteiger partial charge in [-0.1, -0.05) is 35.5 Å². The maximum atomic E-state index is 8.48. The molecule has 3 heteroatoms. The predicted octanol–water partition coefficient (Wildman–Crippen LogP) is 2.34. The molecule has 0 amide bonds. The maximum Gasteiger partial charge on any atom is 0.0898 e. The van der Waals surface area contributed by atoms with Crippen LogP contribution in [0, 0.1) is 0 Å². The van der Waals surface area contributed by atoms with Crippen molar-refractivity contribution in [3.8, 4) is 0 Å². The summed E-state index contributed by atoms with van der Waals surface area (Å²) >= 11 is 0. The highest BCUT2D eigenvalue weighted by Crippen LogP contribution is 2.06. The molecule has 0 atom stereocenters. The smallest absolute Gasteiger partial charge is 0.0898 e. The number of nitrogens with zero attached hydrogens (tertiary/aromatic N) is 2. The van der Waals surface area contributed by atoms with Crippen molar-refractivity contribution >= 4 is 6.21 Å². The van der Waals surface area contributed by atoms with E-state index in [1.165, 1.54) is 11.8 Å². The molecular formula is C12H12N2O. The molecule has 0 unspecified atom stereocenters. The van der Waals surface area contributed by atoms with Crippen molar-refractivity contribution in [2.75, 3.05) is 0 Å². The van der Waals surface area contributed by atoms with E-state index in [-0.39, 0.29) is 0 Å². The summed E-state index contributed by atoms with van der Waals surface area (Å²) in [5, 5.41) is 11.5. The largest absolute Gasteiger partial charge is 0.411 e. The summed E-state index contributed by atoms with van der Waals surface area (Å²) in [6.45, 7) is 0.787. The van der Waals surface area contributed by atoms with Crippen LogP contribution in [-0.4, -0.2) is 16.0 Å². The Morgan fingerprint density at radius 3 is 2.67 bits per heavy atom. The van der Waals surface area contributed by atoms with Gasteiger partial charge in [-0.25, -0.2) is 0 Å². The van der Waals surface area contributed by atoms with E-state index >= 15 is 0 Å². The first-order valence-corrected chi connectivity index (χ1v) is 4.76. The summed E-state index contributed by atoms with van der Waals surface area (Å²) in [6.07, 6.45) is 3.40. The van der Waals surface area contributed by atoms with E-state index in [2.05, 4.69) is 17.3 Å². The zero-order valence-electron chi connectivity index (χ0n) is 8.24. The fraction of sp³-hybridized carbons (Fsp3) is 0.0833. The van der Waals surface area contributed by atoms with Gasteiger partial charge in [-0.2, -0.15) is 0 Å². The molecule has 0 fully saturated rings. The molecule has 0 aliphatic carbocycles. The maximum absolute atomic E-state index is 8.48. The molecule has 2 rings (SSSR count). The highest BCUT2D eigenvalue weighted by molar-refractivity contribution is 5.76. The Labute approximate surface area is 88.3 Å². The van der Waals surface area contributed by atoms with E-state index in [9.17, 15) is 0 Å². The van der Waals surface area contributed by atoms with Crippen LogP contribution < -0.4 is 0 Å². The summed E-state index contributed by atoms with van der Waals surface area (Å²) in [5.74, 6) is 0. The van der Waals surface area contributed by atoms with Crippen LogP contribution in [0.2, 0.25) is 0 Å². The third-order valence-electron chi connectivity index (χ3n) is 2.25. The summed E-state index contributed by atoms with van der Waals surface area (Å²) < 4.78 is 2.02. The van der Waals surface area contributed by atoms with E-state index in [4.69, 9.17) is 5.21 Å². The first-order valence-electron chi connectivity index (χ1n) is 4.76. The molecule has 3 nitrogen and oxygen atoms in total. The Morgan fingerprint density at radius 1 is 1.13 bits per heavy atom. The van der Waals surface area contributed by atoms with E-state index in [1.807, 2.05) is 41.1 Å². The van der Waals surface area contributed by atoms with E-state index in [0.717, 1.165) is 12.2 Å². The molecule has 1 heterocycles. The molecule has 0 saturated carbocycles. The minimum atomic E-state index is 0.787. The Kier molecular flexibility index (Phi) is 2.83. The quantitative estimate of drug-likeness (QED) is 0.461. The molecule has 0 spiro atoms. The lowest BCUT2D eigenvalue weighted by Gasteiger charge is -2.05. The van der Waals surface area contributed by atoms with Gasteiger partial charge in [0.2, 0.25) is 0 Å². The number of oxime groups is 1. The van der Waals surface area contributed by atoms with Crippen LogP contribution in [-0.2, 0) is 6.54 Å². The third-order valence-corrected chi connectivity index (χ3v) is 2.25. The molecule has 76 valence electrons. The molecule has 0 bridgehead atoms. The van der Waals surface area contributed by atoms with Gasteiger partial charge >= 0.3 is 0 Å². The second-order valence-corrected chi connectivity index (χ2v) is 3.29. The normalized spacial score (nSPS) is 10.9. The topological polar surface area (TPSA) is 37.5 Å². The molecule has 1 aromatic heterocycles.